The molecule has 1 aromatic heterocycles. The predicted molar refractivity (Wildman–Crippen MR) is 81.9 cm³/mol. The summed E-state index contributed by atoms with van der Waals surface area (Å²) >= 11 is 6.24. The molecule has 0 fully saturated rings. The van der Waals surface area contributed by atoms with E-state index in [1.54, 1.807) is 6.07 Å². The maximum atomic E-state index is 13.0. The molecule has 0 aliphatic heterocycles. The molecule has 0 atom stereocenters. The van der Waals surface area contributed by atoms with Gasteiger partial charge in [0, 0.05) is 15.1 Å². The van der Waals surface area contributed by atoms with Crippen LogP contribution >= 0.6 is 39.0 Å². The zero-order chi connectivity index (χ0) is 14.7. The molecule has 0 saturated carbocycles. The van der Waals surface area contributed by atoms with Gasteiger partial charge in [-0.2, -0.15) is 0 Å². The van der Waals surface area contributed by atoms with Crippen molar-refractivity contribution >= 4 is 45.0 Å². The van der Waals surface area contributed by atoms with Crippen LogP contribution in [-0.2, 0) is 17.0 Å². The maximum absolute atomic E-state index is 13.0. The predicted octanol–water partition coefficient (Wildman–Crippen LogP) is 4.27. The molecular weight excluding hydrogens is 365 g/mol. The number of benzene rings is 1. The molecule has 1 aromatic carbocycles. The fourth-order valence-electron chi connectivity index (χ4n) is 1.54. The molecule has 0 saturated heterocycles. The summed E-state index contributed by atoms with van der Waals surface area (Å²) in [7, 11) is 0. The van der Waals surface area contributed by atoms with Crippen molar-refractivity contribution < 1.29 is 14.3 Å². The number of aliphatic carboxylic acids is 1. The summed E-state index contributed by atoms with van der Waals surface area (Å²) in [6, 6.07) is 4.58. The Morgan fingerprint density at radius 3 is 2.95 bits per heavy atom. The molecule has 0 spiro atoms. The lowest BCUT2D eigenvalue weighted by molar-refractivity contribution is -0.136. The van der Waals surface area contributed by atoms with E-state index in [-0.39, 0.29) is 12.2 Å². The zero-order valence-electron chi connectivity index (χ0n) is 10.5. The summed E-state index contributed by atoms with van der Waals surface area (Å²) < 4.78 is 14.5. The van der Waals surface area contributed by atoms with Crippen LogP contribution in [0.3, 0.4) is 0 Å². The van der Waals surface area contributed by atoms with Gasteiger partial charge in [-0.15, -0.1) is 11.3 Å². The smallest absolute Gasteiger partial charge is 0.308 e. The number of carbonyl (C=O) groups is 1. The van der Waals surface area contributed by atoms with E-state index in [2.05, 4.69) is 20.9 Å². The van der Waals surface area contributed by atoms with Gasteiger partial charge in [-0.25, -0.2) is 9.37 Å². The number of carboxylic acids is 1. The van der Waals surface area contributed by atoms with Crippen LogP contribution in [0, 0.1) is 12.7 Å². The van der Waals surface area contributed by atoms with E-state index in [1.807, 2.05) is 6.92 Å². The normalized spacial score (nSPS) is 10.8. The first-order chi connectivity index (χ1) is 9.45. The van der Waals surface area contributed by atoms with E-state index in [1.165, 1.54) is 35.2 Å². The zero-order valence-corrected chi connectivity index (χ0v) is 13.7. The molecule has 2 aromatic rings. The van der Waals surface area contributed by atoms with Gasteiger partial charge >= 0.3 is 5.97 Å². The Morgan fingerprint density at radius 2 is 2.30 bits per heavy atom. The van der Waals surface area contributed by atoms with E-state index in [4.69, 9.17) is 5.11 Å². The molecule has 0 aliphatic carbocycles. The van der Waals surface area contributed by atoms with Crippen molar-refractivity contribution in [2.45, 2.75) is 23.4 Å². The lowest BCUT2D eigenvalue weighted by Gasteiger charge is -2.02. The molecule has 0 radical (unpaired) electrons. The van der Waals surface area contributed by atoms with Crippen LogP contribution in [0.4, 0.5) is 4.39 Å². The maximum Gasteiger partial charge on any atom is 0.308 e. The Balaban J connectivity index is 2.05. The van der Waals surface area contributed by atoms with E-state index in [9.17, 15) is 9.18 Å². The largest absolute Gasteiger partial charge is 0.481 e. The van der Waals surface area contributed by atoms with Gasteiger partial charge in [0.05, 0.1) is 12.1 Å². The SMILES string of the molecule is Cc1nc(SCc2ccc(F)cc2Br)sc1CC(=O)O. The standard InChI is InChI=1S/C13H11BrFNO2S2/c1-7-11(5-12(17)18)20-13(16-7)19-6-8-2-3-9(15)4-10(8)14/h2-4H,5-6H2,1H3,(H,17,18). The van der Waals surface area contributed by atoms with Gasteiger partial charge in [0.2, 0.25) is 0 Å². The highest BCUT2D eigenvalue weighted by atomic mass is 79.9. The van der Waals surface area contributed by atoms with Crippen molar-refractivity contribution in [2.75, 3.05) is 0 Å². The Morgan fingerprint density at radius 1 is 1.55 bits per heavy atom. The number of thiazole rings is 1. The number of rotatable bonds is 5. The minimum Gasteiger partial charge on any atom is -0.481 e. The Hall–Kier alpha value is -0.920. The lowest BCUT2D eigenvalue weighted by atomic mass is 10.2. The lowest BCUT2D eigenvalue weighted by Crippen LogP contribution is -1.99. The molecule has 1 heterocycles. The second-order valence-corrected chi connectivity index (χ2v) is 7.24. The quantitative estimate of drug-likeness (QED) is 0.792. The highest BCUT2D eigenvalue weighted by molar-refractivity contribution is 9.10. The second-order valence-electron chi connectivity index (χ2n) is 4.08. The Bertz CT molecular complexity index is 645. The average Bonchev–Trinajstić information content (AvgIpc) is 2.68. The summed E-state index contributed by atoms with van der Waals surface area (Å²) in [5, 5.41) is 8.80. The van der Waals surface area contributed by atoms with Crippen molar-refractivity contribution in [1.29, 1.82) is 0 Å². The van der Waals surface area contributed by atoms with Crippen molar-refractivity contribution in [1.82, 2.24) is 4.98 Å². The summed E-state index contributed by atoms with van der Waals surface area (Å²) in [6.45, 7) is 1.81. The van der Waals surface area contributed by atoms with E-state index in [0.29, 0.717) is 5.75 Å². The highest BCUT2D eigenvalue weighted by Crippen LogP contribution is 2.32. The molecule has 7 heteroatoms. The average molecular weight is 376 g/mol. The first-order valence-corrected chi connectivity index (χ1v) is 8.30. The van der Waals surface area contributed by atoms with E-state index >= 15 is 0 Å². The number of aromatic nitrogens is 1. The number of nitrogens with zero attached hydrogens (tertiary/aromatic N) is 1. The Labute approximate surface area is 132 Å². The van der Waals surface area contributed by atoms with Crippen LogP contribution in [0.15, 0.2) is 27.0 Å². The van der Waals surface area contributed by atoms with Gasteiger partial charge in [0.1, 0.15) is 5.82 Å². The minimum atomic E-state index is -0.852. The van der Waals surface area contributed by atoms with Crippen LogP contribution in [0.5, 0.6) is 0 Å². The minimum absolute atomic E-state index is 0.00427. The third-order valence-corrected chi connectivity index (χ3v) is 5.64. The van der Waals surface area contributed by atoms with Crippen molar-refractivity contribution in [2.24, 2.45) is 0 Å². The summed E-state index contributed by atoms with van der Waals surface area (Å²) in [5.74, 6) is -0.477. The number of carboxylic acid groups (broad SMARTS) is 1. The van der Waals surface area contributed by atoms with Gasteiger partial charge in [-0.3, -0.25) is 4.79 Å². The van der Waals surface area contributed by atoms with Gasteiger partial charge in [-0.1, -0.05) is 33.8 Å². The third-order valence-electron chi connectivity index (χ3n) is 2.55. The fourth-order valence-corrected chi connectivity index (χ4v) is 4.45. The number of hydrogen-bond acceptors (Lipinski definition) is 4. The number of aryl methyl sites for hydroxylation is 1. The van der Waals surface area contributed by atoms with Crippen molar-refractivity contribution in [3.63, 3.8) is 0 Å². The van der Waals surface area contributed by atoms with Gasteiger partial charge in [0.25, 0.3) is 0 Å². The summed E-state index contributed by atoms with van der Waals surface area (Å²) in [6.07, 6.45) is 0.00427. The first-order valence-electron chi connectivity index (χ1n) is 5.70. The number of hydrogen-bond donors (Lipinski definition) is 1. The molecule has 106 valence electrons. The summed E-state index contributed by atoms with van der Waals surface area (Å²) in [5.41, 5.74) is 1.74. The number of halogens is 2. The topological polar surface area (TPSA) is 50.2 Å². The van der Waals surface area contributed by atoms with Crippen LogP contribution in [-0.4, -0.2) is 16.1 Å². The van der Waals surface area contributed by atoms with Crippen LogP contribution in [0.1, 0.15) is 16.1 Å². The van der Waals surface area contributed by atoms with Crippen LogP contribution in [0.2, 0.25) is 0 Å². The molecule has 0 aliphatic rings. The Kier molecular flexibility index (Phi) is 5.17. The van der Waals surface area contributed by atoms with E-state index < -0.39 is 5.97 Å². The number of thioether (sulfide) groups is 1. The second kappa shape index (κ2) is 6.69. The van der Waals surface area contributed by atoms with Gasteiger partial charge < -0.3 is 5.11 Å². The monoisotopic (exact) mass is 375 g/mol. The summed E-state index contributed by atoms with van der Waals surface area (Å²) in [4.78, 5) is 15.8. The molecule has 0 bridgehead atoms. The molecule has 2 rings (SSSR count). The molecular formula is C13H11BrFNO2S2. The molecule has 1 N–H and O–H groups in total. The highest BCUT2D eigenvalue weighted by Gasteiger charge is 2.12. The van der Waals surface area contributed by atoms with E-state index in [0.717, 1.165) is 24.9 Å². The fraction of sp³-hybridized carbons (Fsp3) is 0.231. The van der Waals surface area contributed by atoms with Gasteiger partial charge in [0.15, 0.2) is 4.34 Å². The molecule has 0 unspecified atom stereocenters. The molecule has 0 amide bonds. The molecule has 20 heavy (non-hydrogen) atoms. The van der Waals surface area contributed by atoms with Crippen LogP contribution in [0.25, 0.3) is 0 Å². The molecule has 3 nitrogen and oxygen atoms in total. The van der Waals surface area contributed by atoms with Crippen molar-refractivity contribution in [3.05, 3.63) is 44.6 Å². The van der Waals surface area contributed by atoms with Crippen LogP contribution < -0.4 is 0 Å². The van der Waals surface area contributed by atoms with Gasteiger partial charge in [-0.05, 0) is 24.6 Å². The first kappa shape index (κ1) is 15.5. The third kappa shape index (κ3) is 4.04. The van der Waals surface area contributed by atoms with Crippen molar-refractivity contribution in [3.8, 4) is 0 Å².